The van der Waals surface area contributed by atoms with Crippen LogP contribution in [0.2, 0.25) is 0 Å². The van der Waals surface area contributed by atoms with E-state index in [9.17, 15) is 9.59 Å². The molecule has 2 atom stereocenters. The number of benzene rings is 1. The SMILES string of the molecule is CC(CN1CC[C@@H](CN)C1)c1ccc(-n2ccc(NC(=O)N3CCNCC3)nc2=O)cc1. The minimum absolute atomic E-state index is 0.231. The number of anilines is 1. The molecule has 4 rings (SSSR count). The van der Waals surface area contributed by atoms with Crippen molar-refractivity contribution in [1.82, 2.24) is 24.7 Å². The molecule has 2 amide bonds. The summed E-state index contributed by atoms with van der Waals surface area (Å²) in [7, 11) is 0. The van der Waals surface area contributed by atoms with Crippen molar-refractivity contribution in [2.75, 3.05) is 57.7 Å². The Bertz CT molecular complexity index is 969. The lowest BCUT2D eigenvalue weighted by atomic mass is 10.0. The van der Waals surface area contributed by atoms with Crippen LogP contribution in [0.25, 0.3) is 5.69 Å². The topological polar surface area (TPSA) is 109 Å². The first-order chi connectivity index (χ1) is 15.5. The maximum absolute atomic E-state index is 12.6. The highest BCUT2D eigenvalue weighted by Gasteiger charge is 2.23. The molecule has 172 valence electrons. The summed E-state index contributed by atoms with van der Waals surface area (Å²) in [4.78, 5) is 33.1. The number of urea groups is 1. The van der Waals surface area contributed by atoms with Gasteiger partial charge in [0.25, 0.3) is 0 Å². The number of nitrogens with two attached hydrogens (primary N) is 1. The Kier molecular flexibility index (Phi) is 7.19. The minimum Gasteiger partial charge on any atom is -0.330 e. The summed E-state index contributed by atoms with van der Waals surface area (Å²) in [5, 5.41) is 5.92. The molecule has 9 heteroatoms. The van der Waals surface area contributed by atoms with Crippen molar-refractivity contribution in [3.8, 4) is 5.69 Å². The Hall–Kier alpha value is -2.75. The predicted octanol–water partition coefficient (Wildman–Crippen LogP) is 1.05. The average molecular weight is 440 g/mol. The number of carbonyl (C=O) groups is 1. The lowest BCUT2D eigenvalue weighted by molar-refractivity contribution is 0.204. The molecular weight excluding hydrogens is 406 g/mol. The van der Waals surface area contributed by atoms with Crippen LogP contribution in [0, 0.1) is 5.92 Å². The molecular formula is C23H33N7O2. The number of hydrogen-bond donors (Lipinski definition) is 3. The second kappa shape index (κ2) is 10.2. The normalized spacial score (nSPS) is 20.3. The Labute approximate surface area is 188 Å². The zero-order valence-electron chi connectivity index (χ0n) is 18.7. The van der Waals surface area contributed by atoms with Gasteiger partial charge in [0.1, 0.15) is 5.82 Å². The van der Waals surface area contributed by atoms with E-state index in [2.05, 4.69) is 39.6 Å². The largest absolute Gasteiger partial charge is 0.354 e. The molecule has 0 aliphatic carbocycles. The molecule has 1 aromatic carbocycles. The van der Waals surface area contributed by atoms with Crippen molar-refractivity contribution in [1.29, 1.82) is 0 Å². The molecule has 2 saturated heterocycles. The standard InChI is InChI=1S/C23H33N7O2/c1-17(15-28-10-6-18(14-24)16-28)19-2-4-20(5-3-19)30-11-7-21(27-23(30)32)26-22(31)29-12-8-25-9-13-29/h2-5,7,11,17-18,25H,6,8-10,12-16,24H2,1H3,(H,26,27,31,32)/t17?,18-/m0/s1. The molecule has 4 N–H and O–H groups in total. The number of carbonyl (C=O) groups excluding carboxylic acids is 1. The lowest BCUT2D eigenvalue weighted by Crippen LogP contribution is -2.48. The molecule has 2 aliphatic rings. The maximum Gasteiger partial charge on any atom is 0.354 e. The molecule has 3 heterocycles. The van der Waals surface area contributed by atoms with Gasteiger partial charge in [0.05, 0.1) is 5.69 Å². The highest BCUT2D eigenvalue weighted by Crippen LogP contribution is 2.22. The van der Waals surface area contributed by atoms with Crippen LogP contribution in [-0.4, -0.2) is 77.7 Å². The van der Waals surface area contributed by atoms with Crippen LogP contribution in [0.5, 0.6) is 0 Å². The summed E-state index contributed by atoms with van der Waals surface area (Å²) in [6, 6.07) is 9.46. The van der Waals surface area contributed by atoms with Gasteiger partial charge in [-0.2, -0.15) is 4.98 Å². The van der Waals surface area contributed by atoms with E-state index in [1.165, 1.54) is 16.6 Å². The smallest absolute Gasteiger partial charge is 0.330 e. The Morgan fingerprint density at radius 3 is 2.62 bits per heavy atom. The van der Waals surface area contributed by atoms with Crippen LogP contribution in [0.1, 0.15) is 24.8 Å². The molecule has 2 aromatic rings. The lowest BCUT2D eigenvalue weighted by Gasteiger charge is -2.27. The molecule has 32 heavy (non-hydrogen) atoms. The van der Waals surface area contributed by atoms with Gasteiger partial charge in [-0.15, -0.1) is 0 Å². The fourth-order valence-electron chi connectivity index (χ4n) is 4.45. The van der Waals surface area contributed by atoms with Gasteiger partial charge in [-0.05, 0) is 55.1 Å². The molecule has 2 aliphatic heterocycles. The molecule has 1 unspecified atom stereocenters. The Balaban J connectivity index is 1.38. The van der Waals surface area contributed by atoms with Gasteiger partial charge in [0, 0.05) is 45.5 Å². The monoisotopic (exact) mass is 439 g/mol. The van der Waals surface area contributed by atoms with E-state index in [0.29, 0.717) is 24.9 Å². The number of nitrogens with one attached hydrogen (secondary N) is 2. The van der Waals surface area contributed by atoms with Gasteiger partial charge < -0.3 is 20.9 Å². The molecule has 0 spiro atoms. The van der Waals surface area contributed by atoms with Crippen molar-refractivity contribution in [2.45, 2.75) is 19.3 Å². The predicted molar refractivity (Wildman–Crippen MR) is 125 cm³/mol. The molecule has 9 nitrogen and oxygen atoms in total. The van der Waals surface area contributed by atoms with Gasteiger partial charge in [-0.25, -0.2) is 9.59 Å². The second-order valence-corrected chi connectivity index (χ2v) is 8.78. The Morgan fingerprint density at radius 2 is 1.97 bits per heavy atom. The van der Waals surface area contributed by atoms with Crippen LogP contribution >= 0.6 is 0 Å². The third kappa shape index (κ3) is 5.35. The molecule has 2 fully saturated rings. The highest BCUT2D eigenvalue weighted by molar-refractivity contribution is 5.88. The first-order valence-corrected chi connectivity index (χ1v) is 11.4. The molecule has 0 bridgehead atoms. The van der Waals surface area contributed by atoms with Gasteiger partial charge in [0.2, 0.25) is 0 Å². The van der Waals surface area contributed by atoms with Gasteiger partial charge >= 0.3 is 11.7 Å². The molecule has 1 aromatic heterocycles. The first kappa shape index (κ1) is 22.4. The van der Waals surface area contributed by atoms with E-state index in [1.54, 1.807) is 17.2 Å². The van der Waals surface area contributed by atoms with Crippen LogP contribution < -0.4 is 22.1 Å². The number of hydrogen-bond acceptors (Lipinski definition) is 6. The van der Waals surface area contributed by atoms with E-state index >= 15 is 0 Å². The first-order valence-electron chi connectivity index (χ1n) is 11.4. The summed E-state index contributed by atoms with van der Waals surface area (Å²) < 4.78 is 1.49. The van der Waals surface area contributed by atoms with Crippen LogP contribution in [0.4, 0.5) is 10.6 Å². The third-order valence-electron chi connectivity index (χ3n) is 6.42. The Morgan fingerprint density at radius 1 is 1.22 bits per heavy atom. The van der Waals surface area contributed by atoms with Gasteiger partial charge in [-0.3, -0.25) is 9.88 Å². The van der Waals surface area contributed by atoms with E-state index in [1.807, 2.05) is 12.1 Å². The summed E-state index contributed by atoms with van der Waals surface area (Å²) in [5.41, 5.74) is 7.38. The van der Waals surface area contributed by atoms with Crippen LogP contribution in [0.3, 0.4) is 0 Å². The maximum atomic E-state index is 12.6. The average Bonchev–Trinajstić information content (AvgIpc) is 3.27. The fourth-order valence-corrected chi connectivity index (χ4v) is 4.45. The number of piperazine rings is 1. The van der Waals surface area contributed by atoms with E-state index in [0.717, 1.165) is 45.0 Å². The fraction of sp³-hybridized carbons (Fsp3) is 0.522. The second-order valence-electron chi connectivity index (χ2n) is 8.78. The van der Waals surface area contributed by atoms with Crippen LogP contribution in [-0.2, 0) is 0 Å². The van der Waals surface area contributed by atoms with Crippen LogP contribution in [0.15, 0.2) is 41.3 Å². The zero-order chi connectivity index (χ0) is 22.5. The molecule has 0 radical (unpaired) electrons. The van der Waals surface area contributed by atoms with E-state index < -0.39 is 5.69 Å². The summed E-state index contributed by atoms with van der Waals surface area (Å²) >= 11 is 0. The summed E-state index contributed by atoms with van der Waals surface area (Å²) in [6.07, 6.45) is 2.84. The summed E-state index contributed by atoms with van der Waals surface area (Å²) in [6.45, 7) is 9.01. The number of aromatic nitrogens is 2. The van der Waals surface area contributed by atoms with Crippen molar-refractivity contribution in [3.05, 3.63) is 52.6 Å². The number of nitrogens with zero attached hydrogens (tertiary/aromatic N) is 4. The summed E-state index contributed by atoms with van der Waals surface area (Å²) in [5.74, 6) is 1.29. The number of likely N-dealkylation sites (tertiary alicyclic amines) is 1. The van der Waals surface area contributed by atoms with Gasteiger partial charge in [0.15, 0.2) is 0 Å². The number of amides is 2. The number of rotatable bonds is 6. The van der Waals surface area contributed by atoms with Crippen molar-refractivity contribution in [2.24, 2.45) is 11.7 Å². The van der Waals surface area contributed by atoms with Crippen molar-refractivity contribution < 1.29 is 4.79 Å². The van der Waals surface area contributed by atoms with E-state index in [-0.39, 0.29) is 11.8 Å². The minimum atomic E-state index is -0.422. The zero-order valence-corrected chi connectivity index (χ0v) is 18.7. The third-order valence-corrected chi connectivity index (χ3v) is 6.42. The van der Waals surface area contributed by atoms with Crippen molar-refractivity contribution in [3.63, 3.8) is 0 Å². The quantitative estimate of drug-likeness (QED) is 0.621. The molecule has 0 saturated carbocycles. The van der Waals surface area contributed by atoms with Gasteiger partial charge in [-0.1, -0.05) is 19.1 Å². The van der Waals surface area contributed by atoms with Crippen molar-refractivity contribution >= 4 is 11.8 Å². The van der Waals surface area contributed by atoms with E-state index in [4.69, 9.17) is 5.73 Å². The highest BCUT2D eigenvalue weighted by atomic mass is 16.2.